The quantitative estimate of drug-likeness (QED) is 0.708. The van der Waals surface area contributed by atoms with Crippen molar-refractivity contribution in [1.29, 1.82) is 0 Å². The van der Waals surface area contributed by atoms with E-state index in [-0.39, 0.29) is 30.8 Å². The molecule has 0 aromatic heterocycles. The van der Waals surface area contributed by atoms with E-state index in [1.807, 2.05) is 6.92 Å². The van der Waals surface area contributed by atoms with E-state index in [0.29, 0.717) is 46.7 Å². The van der Waals surface area contributed by atoms with Crippen molar-refractivity contribution in [2.75, 3.05) is 18.4 Å². The van der Waals surface area contributed by atoms with Crippen LogP contribution in [0.25, 0.3) is 0 Å². The highest BCUT2D eigenvalue weighted by Crippen LogP contribution is 2.33. The number of carbonyl (C=O) groups is 2. The molecule has 1 aromatic carbocycles. The van der Waals surface area contributed by atoms with Crippen LogP contribution in [0.4, 0.5) is 5.69 Å². The van der Waals surface area contributed by atoms with Gasteiger partial charge in [-0.3, -0.25) is 9.59 Å². The Labute approximate surface area is 176 Å². The maximum atomic E-state index is 12.7. The number of nitrogens with one attached hydrogen (secondary N) is 2. The minimum Gasteiger partial charge on any atom is -0.334 e. The lowest BCUT2D eigenvalue weighted by atomic mass is 9.89. The zero-order chi connectivity index (χ0) is 18.7. The van der Waals surface area contributed by atoms with Crippen molar-refractivity contribution in [3.8, 4) is 0 Å². The van der Waals surface area contributed by atoms with E-state index in [1.54, 1.807) is 23.1 Å². The zero-order valence-corrected chi connectivity index (χ0v) is 17.7. The van der Waals surface area contributed by atoms with Gasteiger partial charge in [0, 0.05) is 25.0 Å². The lowest BCUT2D eigenvalue weighted by molar-refractivity contribution is -0.135. The zero-order valence-electron chi connectivity index (χ0n) is 15.3. The van der Waals surface area contributed by atoms with Gasteiger partial charge in [0.15, 0.2) is 0 Å². The first kappa shape index (κ1) is 22.3. The van der Waals surface area contributed by atoms with Crippen molar-refractivity contribution in [3.05, 3.63) is 28.2 Å². The molecule has 2 aliphatic heterocycles. The van der Waals surface area contributed by atoms with Crippen LogP contribution in [0, 0.1) is 5.92 Å². The van der Waals surface area contributed by atoms with Gasteiger partial charge in [-0.25, -0.2) is 0 Å². The third kappa shape index (κ3) is 5.74. The van der Waals surface area contributed by atoms with Gasteiger partial charge < -0.3 is 15.5 Å². The fourth-order valence-corrected chi connectivity index (χ4v) is 4.56. The van der Waals surface area contributed by atoms with E-state index in [4.69, 9.17) is 23.2 Å². The van der Waals surface area contributed by atoms with Gasteiger partial charge in [-0.15, -0.1) is 12.4 Å². The van der Waals surface area contributed by atoms with Crippen LogP contribution in [-0.4, -0.2) is 41.9 Å². The summed E-state index contributed by atoms with van der Waals surface area (Å²) in [4.78, 5) is 26.6. The number of halogens is 3. The van der Waals surface area contributed by atoms with Crippen molar-refractivity contribution in [3.63, 3.8) is 0 Å². The van der Waals surface area contributed by atoms with Crippen molar-refractivity contribution >= 4 is 53.1 Å². The van der Waals surface area contributed by atoms with Crippen LogP contribution in [0.3, 0.4) is 0 Å². The number of hydrogen-bond acceptors (Lipinski definition) is 3. The largest absolute Gasteiger partial charge is 0.334 e. The molecular formula is C19H26Cl3N3O2. The van der Waals surface area contributed by atoms with Crippen LogP contribution in [0.2, 0.25) is 10.0 Å². The summed E-state index contributed by atoms with van der Waals surface area (Å²) in [5.41, 5.74) is 0.388. The predicted octanol–water partition coefficient (Wildman–Crippen LogP) is 4.12. The topological polar surface area (TPSA) is 61.4 Å². The normalized spacial score (nSPS) is 23.4. The highest BCUT2D eigenvalue weighted by Gasteiger charge is 2.34. The van der Waals surface area contributed by atoms with Crippen LogP contribution >= 0.6 is 35.6 Å². The number of carbonyl (C=O) groups excluding carboxylic acids is 2. The van der Waals surface area contributed by atoms with Crippen molar-refractivity contribution in [1.82, 2.24) is 10.2 Å². The molecule has 2 unspecified atom stereocenters. The van der Waals surface area contributed by atoms with Gasteiger partial charge in [-0.2, -0.15) is 0 Å². The number of amides is 2. The van der Waals surface area contributed by atoms with E-state index in [2.05, 4.69) is 10.6 Å². The number of hydrogen-bond donors (Lipinski definition) is 2. The van der Waals surface area contributed by atoms with E-state index in [9.17, 15) is 9.59 Å². The average Bonchev–Trinajstić information content (AvgIpc) is 2.94. The molecule has 2 amide bonds. The molecule has 1 aromatic rings. The lowest BCUT2D eigenvalue weighted by Crippen LogP contribution is -2.42. The van der Waals surface area contributed by atoms with E-state index in [1.165, 1.54) is 12.8 Å². The summed E-state index contributed by atoms with van der Waals surface area (Å²) < 4.78 is 0. The summed E-state index contributed by atoms with van der Waals surface area (Å²) in [7, 11) is 0. The Hall–Kier alpha value is -1.01. The molecule has 2 bridgehead atoms. The molecule has 150 valence electrons. The number of likely N-dealkylation sites (N-methyl/N-ethyl adjacent to an activating group) is 1. The van der Waals surface area contributed by atoms with Gasteiger partial charge in [0.25, 0.3) is 0 Å². The molecule has 3 rings (SSSR count). The molecule has 2 N–H and O–H groups in total. The molecule has 0 saturated carbocycles. The Kier molecular flexibility index (Phi) is 8.22. The maximum Gasteiger partial charge on any atom is 0.244 e. The number of rotatable bonds is 6. The standard InChI is InChI=1S/C19H25Cl2N3O2.ClH/c1-2-24(11-17(25)23-19-15(20)4-3-5-16(19)21)18(26)10-12-8-13-6-7-14(9-12)22-13;/h3-5,12-14,22H,2,6-11H2,1H3,(H,23,25);1H. The predicted molar refractivity (Wildman–Crippen MR) is 112 cm³/mol. The van der Waals surface area contributed by atoms with Crippen molar-refractivity contribution < 1.29 is 9.59 Å². The van der Waals surface area contributed by atoms with Gasteiger partial charge >= 0.3 is 0 Å². The molecule has 27 heavy (non-hydrogen) atoms. The van der Waals surface area contributed by atoms with Crippen LogP contribution in [-0.2, 0) is 9.59 Å². The molecule has 8 heteroatoms. The first-order chi connectivity index (χ1) is 12.5. The Bertz CT molecular complexity index is 654. The molecule has 2 aliphatic rings. The number of piperidine rings is 1. The molecule has 2 atom stereocenters. The molecule has 0 aliphatic carbocycles. The van der Waals surface area contributed by atoms with Gasteiger partial charge in [0.2, 0.25) is 11.8 Å². The smallest absolute Gasteiger partial charge is 0.244 e. The lowest BCUT2D eigenvalue weighted by Gasteiger charge is -2.30. The second-order valence-electron chi connectivity index (χ2n) is 7.23. The average molecular weight is 435 g/mol. The number of benzene rings is 1. The van der Waals surface area contributed by atoms with Crippen LogP contribution in [0.5, 0.6) is 0 Å². The third-order valence-electron chi connectivity index (χ3n) is 5.33. The van der Waals surface area contributed by atoms with Crippen LogP contribution < -0.4 is 10.6 Å². The molecule has 0 radical (unpaired) electrons. The van der Waals surface area contributed by atoms with E-state index < -0.39 is 0 Å². The summed E-state index contributed by atoms with van der Waals surface area (Å²) >= 11 is 12.2. The minimum atomic E-state index is -0.291. The maximum absolute atomic E-state index is 12.7. The summed E-state index contributed by atoms with van der Waals surface area (Å²) in [6.07, 6.45) is 5.06. The Morgan fingerprint density at radius 2 is 1.78 bits per heavy atom. The fourth-order valence-electron chi connectivity index (χ4n) is 4.06. The number of fused-ring (bicyclic) bond motifs is 2. The minimum absolute atomic E-state index is 0. The summed E-state index contributed by atoms with van der Waals surface area (Å²) in [5.74, 6) is 0.163. The molecule has 0 spiro atoms. The van der Waals surface area contributed by atoms with Gasteiger partial charge in [-0.1, -0.05) is 29.3 Å². The monoisotopic (exact) mass is 433 g/mol. The van der Waals surface area contributed by atoms with E-state index >= 15 is 0 Å². The molecule has 5 nitrogen and oxygen atoms in total. The first-order valence-electron chi connectivity index (χ1n) is 9.24. The first-order valence-corrected chi connectivity index (χ1v) is 9.99. The number of para-hydroxylation sites is 1. The Morgan fingerprint density at radius 3 is 2.33 bits per heavy atom. The number of nitrogens with zero attached hydrogens (tertiary/aromatic N) is 1. The summed E-state index contributed by atoms with van der Waals surface area (Å²) in [5, 5.41) is 7.07. The Balaban J connectivity index is 0.00000261. The second kappa shape index (κ2) is 9.97. The third-order valence-corrected chi connectivity index (χ3v) is 5.96. The van der Waals surface area contributed by atoms with Crippen LogP contribution in [0.1, 0.15) is 39.0 Å². The van der Waals surface area contributed by atoms with Crippen LogP contribution in [0.15, 0.2) is 18.2 Å². The van der Waals surface area contributed by atoms with Gasteiger partial charge in [0.05, 0.1) is 22.3 Å². The summed E-state index contributed by atoms with van der Waals surface area (Å²) in [6, 6.07) is 6.17. The highest BCUT2D eigenvalue weighted by molar-refractivity contribution is 6.39. The highest BCUT2D eigenvalue weighted by atomic mass is 35.5. The molecule has 2 fully saturated rings. The fraction of sp³-hybridized carbons (Fsp3) is 0.579. The van der Waals surface area contributed by atoms with Gasteiger partial charge in [0.1, 0.15) is 0 Å². The van der Waals surface area contributed by atoms with E-state index in [0.717, 1.165) is 12.8 Å². The Morgan fingerprint density at radius 1 is 1.19 bits per heavy atom. The second-order valence-corrected chi connectivity index (χ2v) is 8.05. The summed E-state index contributed by atoms with van der Waals surface area (Å²) in [6.45, 7) is 2.40. The SMILES string of the molecule is CCN(CC(=O)Nc1c(Cl)cccc1Cl)C(=O)CC1CC2CCC(C1)N2.Cl. The van der Waals surface area contributed by atoms with Gasteiger partial charge in [-0.05, 0) is 50.7 Å². The molecular weight excluding hydrogens is 409 g/mol. The molecule has 2 saturated heterocycles. The number of anilines is 1. The molecule has 2 heterocycles. The van der Waals surface area contributed by atoms with Crippen molar-refractivity contribution in [2.45, 2.75) is 51.1 Å². The van der Waals surface area contributed by atoms with Crippen molar-refractivity contribution in [2.24, 2.45) is 5.92 Å².